The van der Waals surface area contributed by atoms with Gasteiger partial charge < -0.3 is 15.5 Å². The number of rotatable bonds is 3. The predicted octanol–water partition coefficient (Wildman–Crippen LogP) is -1.66. The second-order valence-electron chi connectivity index (χ2n) is 5.01. The van der Waals surface area contributed by atoms with Crippen molar-refractivity contribution >= 4 is 16.9 Å². The van der Waals surface area contributed by atoms with Gasteiger partial charge in [0.1, 0.15) is 17.3 Å². The number of nitrogens with zero attached hydrogens (tertiary/aromatic N) is 4. The lowest BCUT2D eigenvalue weighted by atomic mass is 10.2. The van der Waals surface area contributed by atoms with Gasteiger partial charge in [0.05, 0.1) is 19.3 Å². The smallest absolute Gasteiger partial charge is 0.262 e. The third kappa shape index (κ3) is 2.65. The van der Waals surface area contributed by atoms with Crippen LogP contribution in [-0.2, 0) is 23.1 Å². The predicted molar refractivity (Wildman–Crippen MR) is 73.3 cm³/mol. The Morgan fingerprint density at radius 3 is 3.19 bits per heavy atom. The Bertz CT molecular complexity index is 736. The number of aryl methyl sites for hydroxylation is 1. The zero-order chi connectivity index (χ0) is 15.0. The highest BCUT2D eigenvalue weighted by molar-refractivity contribution is 5.79. The Balaban J connectivity index is 1.83. The van der Waals surface area contributed by atoms with Crippen LogP contribution in [0.25, 0.3) is 11.0 Å². The summed E-state index contributed by atoms with van der Waals surface area (Å²) in [5.41, 5.74) is 5.57. The van der Waals surface area contributed by atoms with Gasteiger partial charge in [-0.25, -0.2) is 4.98 Å². The van der Waals surface area contributed by atoms with E-state index < -0.39 is 12.0 Å². The van der Waals surface area contributed by atoms with Gasteiger partial charge >= 0.3 is 0 Å². The number of H-pyrrole nitrogens is 1. The largest absolute Gasteiger partial charge is 0.367 e. The SMILES string of the molecule is Cn1ncc2c(=O)[nH]c(CN3CCOC(C(N)=O)C3)nc21. The van der Waals surface area contributed by atoms with Gasteiger partial charge in [-0.2, -0.15) is 5.10 Å². The molecule has 0 aromatic carbocycles. The first-order chi connectivity index (χ1) is 10.0. The lowest BCUT2D eigenvalue weighted by molar-refractivity contribution is -0.135. The molecule has 0 saturated carbocycles. The first-order valence-corrected chi connectivity index (χ1v) is 6.59. The Kier molecular flexibility index (Phi) is 3.43. The number of hydrogen-bond donors (Lipinski definition) is 2. The van der Waals surface area contributed by atoms with E-state index in [1.165, 1.54) is 6.20 Å². The minimum Gasteiger partial charge on any atom is -0.367 e. The number of morpholine rings is 1. The number of nitrogens with one attached hydrogen (secondary N) is 1. The molecule has 0 bridgehead atoms. The van der Waals surface area contributed by atoms with Crippen molar-refractivity contribution in [2.45, 2.75) is 12.6 Å². The van der Waals surface area contributed by atoms with Crippen LogP contribution in [0.2, 0.25) is 0 Å². The lowest BCUT2D eigenvalue weighted by Gasteiger charge is -2.30. The number of hydrogen-bond acceptors (Lipinski definition) is 6. The molecule has 0 aliphatic carbocycles. The number of amides is 1. The molecule has 9 nitrogen and oxygen atoms in total. The van der Waals surface area contributed by atoms with E-state index in [9.17, 15) is 9.59 Å². The van der Waals surface area contributed by atoms with Crippen LogP contribution in [0.1, 0.15) is 5.82 Å². The Labute approximate surface area is 119 Å². The normalized spacial score (nSPS) is 20.0. The van der Waals surface area contributed by atoms with Crippen LogP contribution >= 0.6 is 0 Å². The molecule has 0 radical (unpaired) electrons. The summed E-state index contributed by atoms with van der Waals surface area (Å²) in [6.07, 6.45) is 0.869. The van der Waals surface area contributed by atoms with Gasteiger partial charge in [-0.05, 0) is 0 Å². The van der Waals surface area contributed by atoms with Crippen molar-refractivity contribution in [2.24, 2.45) is 12.8 Å². The van der Waals surface area contributed by atoms with Crippen molar-refractivity contribution in [3.8, 4) is 0 Å². The molecule has 0 spiro atoms. The van der Waals surface area contributed by atoms with Crippen molar-refractivity contribution in [1.29, 1.82) is 0 Å². The van der Waals surface area contributed by atoms with Crippen LogP contribution in [0.15, 0.2) is 11.0 Å². The maximum Gasteiger partial charge on any atom is 0.262 e. The number of ether oxygens (including phenoxy) is 1. The maximum atomic E-state index is 12.0. The molecule has 3 N–H and O–H groups in total. The first-order valence-electron chi connectivity index (χ1n) is 6.59. The third-order valence-corrected chi connectivity index (χ3v) is 3.49. The Morgan fingerprint density at radius 1 is 1.62 bits per heavy atom. The molecule has 1 aliphatic rings. The van der Waals surface area contributed by atoms with Crippen molar-refractivity contribution in [2.75, 3.05) is 19.7 Å². The molecule has 112 valence electrons. The average molecular weight is 292 g/mol. The molecule has 9 heteroatoms. The highest BCUT2D eigenvalue weighted by Gasteiger charge is 2.25. The number of fused-ring (bicyclic) bond motifs is 1. The number of aromatic amines is 1. The molecule has 2 aromatic heterocycles. The molecular weight excluding hydrogens is 276 g/mol. The van der Waals surface area contributed by atoms with Crippen LogP contribution in [-0.4, -0.2) is 56.4 Å². The van der Waals surface area contributed by atoms with E-state index in [1.54, 1.807) is 11.7 Å². The van der Waals surface area contributed by atoms with Gasteiger partial charge in [-0.3, -0.25) is 19.2 Å². The van der Waals surface area contributed by atoms with Gasteiger partial charge in [0.15, 0.2) is 5.65 Å². The standard InChI is InChI=1S/C12H16N6O3/c1-17-11-7(4-14-17)12(20)16-9(15-11)6-18-2-3-21-8(5-18)10(13)19/h4,8H,2-3,5-6H2,1H3,(H2,13,19)(H,15,16,20). The molecule has 21 heavy (non-hydrogen) atoms. The fourth-order valence-corrected chi connectivity index (χ4v) is 2.38. The summed E-state index contributed by atoms with van der Waals surface area (Å²) in [6, 6.07) is 0. The third-order valence-electron chi connectivity index (χ3n) is 3.49. The Morgan fingerprint density at radius 2 is 2.43 bits per heavy atom. The van der Waals surface area contributed by atoms with Crippen LogP contribution < -0.4 is 11.3 Å². The summed E-state index contributed by atoms with van der Waals surface area (Å²) in [5.74, 6) is 0.0458. The fraction of sp³-hybridized carbons (Fsp3) is 0.500. The minimum atomic E-state index is -0.620. The van der Waals surface area contributed by atoms with Crippen LogP contribution in [0.3, 0.4) is 0 Å². The van der Waals surface area contributed by atoms with Crippen molar-refractivity contribution in [3.05, 3.63) is 22.4 Å². The molecule has 1 unspecified atom stereocenters. The topological polar surface area (TPSA) is 119 Å². The van der Waals surface area contributed by atoms with E-state index in [4.69, 9.17) is 10.5 Å². The van der Waals surface area contributed by atoms with E-state index in [0.29, 0.717) is 43.1 Å². The fourth-order valence-electron chi connectivity index (χ4n) is 2.38. The van der Waals surface area contributed by atoms with Crippen LogP contribution in [0.4, 0.5) is 0 Å². The molecule has 1 amide bonds. The summed E-state index contributed by atoms with van der Waals surface area (Å²) in [4.78, 5) is 32.3. The maximum absolute atomic E-state index is 12.0. The van der Waals surface area contributed by atoms with Crippen LogP contribution in [0, 0.1) is 0 Å². The van der Waals surface area contributed by atoms with Crippen molar-refractivity contribution < 1.29 is 9.53 Å². The van der Waals surface area contributed by atoms with Gasteiger partial charge in [0.25, 0.3) is 5.56 Å². The highest BCUT2D eigenvalue weighted by atomic mass is 16.5. The van der Waals surface area contributed by atoms with E-state index in [-0.39, 0.29) is 5.56 Å². The van der Waals surface area contributed by atoms with Gasteiger partial charge in [0.2, 0.25) is 5.91 Å². The average Bonchev–Trinajstić information content (AvgIpc) is 2.81. The molecule has 1 fully saturated rings. The molecule has 1 aliphatic heterocycles. The van der Waals surface area contributed by atoms with Gasteiger partial charge in [0, 0.05) is 20.1 Å². The number of carbonyl (C=O) groups is 1. The van der Waals surface area contributed by atoms with E-state index in [2.05, 4.69) is 15.1 Å². The molecule has 1 atom stereocenters. The lowest BCUT2D eigenvalue weighted by Crippen LogP contribution is -2.48. The van der Waals surface area contributed by atoms with Crippen molar-refractivity contribution in [3.63, 3.8) is 0 Å². The zero-order valence-electron chi connectivity index (χ0n) is 11.6. The number of nitrogens with two attached hydrogens (primary N) is 1. The summed E-state index contributed by atoms with van der Waals surface area (Å²) in [6.45, 7) is 1.88. The van der Waals surface area contributed by atoms with Crippen LogP contribution in [0.5, 0.6) is 0 Å². The summed E-state index contributed by atoms with van der Waals surface area (Å²) in [5, 5.41) is 4.48. The summed E-state index contributed by atoms with van der Waals surface area (Å²) < 4.78 is 6.84. The molecule has 3 rings (SSSR count). The Hall–Kier alpha value is -2.26. The number of aromatic nitrogens is 4. The van der Waals surface area contributed by atoms with Gasteiger partial charge in [-0.15, -0.1) is 0 Å². The summed E-state index contributed by atoms with van der Waals surface area (Å²) in [7, 11) is 1.73. The zero-order valence-corrected chi connectivity index (χ0v) is 11.6. The quantitative estimate of drug-likeness (QED) is 0.699. The molecular formula is C12H16N6O3. The number of carbonyl (C=O) groups excluding carboxylic acids is 1. The second kappa shape index (κ2) is 5.26. The summed E-state index contributed by atoms with van der Waals surface area (Å²) >= 11 is 0. The minimum absolute atomic E-state index is 0.220. The number of primary amides is 1. The van der Waals surface area contributed by atoms with Crippen molar-refractivity contribution in [1.82, 2.24) is 24.6 Å². The molecule has 1 saturated heterocycles. The van der Waals surface area contributed by atoms with E-state index in [0.717, 1.165) is 0 Å². The highest BCUT2D eigenvalue weighted by Crippen LogP contribution is 2.09. The van der Waals surface area contributed by atoms with Gasteiger partial charge in [-0.1, -0.05) is 0 Å². The monoisotopic (exact) mass is 292 g/mol. The first kappa shape index (κ1) is 13.7. The molecule has 3 heterocycles. The van der Waals surface area contributed by atoms with E-state index in [1.807, 2.05) is 4.90 Å². The van der Waals surface area contributed by atoms with E-state index >= 15 is 0 Å². The molecule has 2 aromatic rings. The second-order valence-corrected chi connectivity index (χ2v) is 5.01.